The van der Waals surface area contributed by atoms with Crippen molar-refractivity contribution in [3.63, 3.8) is 0 Å². The molecule has 0 saturated heterocycles. The number of carboxylic acids is 1. The van der Waals surface area contributed by atoms with Crippen LogP contribution in [0.2, 0.25) is 0 Å². The fourth-order valence-electron chi connectivity index (χ4n) is 1.55. The Kier molecular flexibility index (Phi) is 6.37. The fraction of sp³-hybridized carbons (Fsp3) is 0.500. The highest BCUT2D eigenvalue weighted by atomic mass is 16.5. The average molecular weight is 309 g/mol. The van der Waals surface area contributed by atoms with Crippen LogP contribution in [0.15, 0.2) is 24.3 Å². The average Bonchev–Trinajstić information content (AvgIpc) is 2.45. The van der Waals surface area contributed by atoms with Crippen molar-refractivity contribution in [2.45, 2.75) is 32.8 Å². The highest BCUT2D eigenvalue weighted by Gasteiger charge is 2.30. The molecule has 122 valence electrons. The molecule has 0 aliphatic heterocycles. The fourth-order valence-corrected chi connectivity index (χ4v) is 1.55. The van der Waals surface area contributed by atoms with E-state index in [4.69, 9.17) is 9.84 Å². The molecule has 1 aromatic rings. The van der Waals surface area contributed by atoms with E-state index in [-0.39, 0.29) is 6.54 Å². The molecule has 22 heavy (non-hydrogen) atoms. The Balaban J connectivity index is 2.52. The Morgan fingerprint density at radius 3 is 2.36 bits per heavy atom. The van der Waals surface area contributed by atoms with Crippen LogP contribution < -0.4 is 10.1 Å². The first-order chi connectivity index (χ1) is 10.2. The van der Waals surface area contributed by atoms with Crippen molar-refractivity contribution >= 4 is 11.9 Å². The molecule has 0 heterocycles. The number of hydrogen-bond donors (Lipinski definition) is 3. The molecule has 0 spiro atoms. The van der Waals surface area contributed by atoms with Gasteiger partial charge in [-0.3, -0.25) is 4.79 Å². The first kappa shape index (κ1) is 18.0. The maximum absolute atomic E-state index is 11.9. The summed E-state index contributed by atoms with van der Waals surface area (Å²) in [5, 5.41) is 20.7. The van der Waals surface area contributed by atoms with Crippen molar-refractivity contribution in [3.05, 3.63) is 29.8 Å². The molecular formula is C16H23NO5. The second-order valence-corrected chi connectivity index (χ2v) is 5.82. The molecule has 0 aliphatic carbocycles. The molecule has 0 saturated carbocycles. The van der Waals surface area contributed by atoms with Gasteiger partial charge in [0.05, 0.1) is 13.2 Å². The lowest BCUT2D eigenvalue weighted by atomic mass is 10.1. The second-order valence-electron chi connectivity index (χ2n) is 5.82. The Morgan fingerprint density at radius 2 is 1.86 bits per heavy atom. The Bertz CT molecular complexity index is 508. The third-order valence-electron chi connectivity index (χ3n) is 3.13. The van der Waals surface area contributed by atoms with Gasteiger partial charge in [-0.25, -0.2) is 4.79 Å². The zero-order valence-corrected chi connectivity index (χ0v) is 13.1. The summed E-state index contributed by atoms with van der Waals surface area (Å²) in [7, 11) is 0. The standard InChI is InChI=1S/C16H23NO5/c1-11(2)8-9-22-13-6-4-12(5-7-13)14(18)17-10-16(3,21)15(19)20/h4-7,11,21H,8-10H2,1-3H3,(H,17,18)(H,19,20). The topological polar surface area (TPSA) is 95.9 Å². The highest BCUT2D eigenvalue weighted by Crippen LogP contribution is 2.13. The van der Waals surface area contributed by atoms with Gasteiger partial charge in [-0.1, -0.05) is 13.8 Å². The number of aliphatic carboxylic acids is 1. The van der Waals surface area contributed by atoms with Gasteiger partial charge in [-0.2, -0.15) is 0 Å². The number of carboxylic acid groups (broad SMARTS) is 1. The number of aliphatic hydroxyl groups is 1. The Labute approximate surface area is 130 Å². The molecule has 0 radical (unpaired) electrons. The van der Waals surface area contributed by atoms with Crippen molar-refractivity contribution < 1.29 is 24.5 Å². The molecule has 0 bridgehead atoms. The summed E-state index contributed by atoms with van der Waals surface area (Å²) in [4.78, 5) is 22.6. The van der Waals surface area contributed by atoms with E-state index in [9.17, 15) is 14.7 Å². The molecule has 6 heteroatoms. The summed E-state index contributed by atoms with van der Waals surface area (Å²) in [5.74, 6) is -0.598. The van der Waals surface area contributed by atoms with E-state index in [1.54, 1.807) is 24.3 Å². The molecule has 1 aromatic carbocycles. The monoisotopic (exact) mass is 309 g/mol. The lowest BCUT2D eigenvalue weighted by Gasteiger charge is -2.18. The number of nitrogens with one attached hydrogen (secondary N) is 1. The van der Waals surface area contributed by atoms with Crippen molar-refractivity contribution in [1.29, 1.82) is 0 Å². The molecule has 1 unspecified atom stereocenters. The van der Waals surface area contributed by atoms with Gasteiger partial charge in [0.1, 0.15) is 5.75 Å². The van der Waals surface area contributed by atoms with Crippen LogP contribution in [-0.2, 0) is 4.79 Å². The number of benzene rings is 1. The molecule has 0 aromatic heterocycles. The molecule has 3 N–H and O–H groups in total. The van der Waals surface area contributed by atoms with Crippen LogP contribution in [-0.4, -0.2) is 40.8 Å². The SMILES string of the molecule is CC(C)CCOc1ccc(C(=O)NCC(C)(O)C(=O)O)cc1. The lowest BCUT2D eigenvalue weighted by Crippen LogP contribution is -2.46. The first-order valence-corrected chi connectivity index (χ1v) is 7.19. The predicted molar refractivity (Wildman–Crippen MR) is 82.0 cm³/mol. The number of rotatable bonds is 8. The zero-order chi connectivity index (χ0) is 16.8. The minimum absolute atomic E-state index is 0.367. The summed E-state index contributed by atoms with van der Waals surface area (Å²) >= 11 is 0. The van der Waals surface area contributed by atoms with Crippen molar-refractivity contribution in [2.24, 2.45) is 5.92 Å². The molecule has 1 rings (SSSR count). The van der Waals surface area contributed by atoms with Crippen molar-refractivity contribution in [3.8, 4) is 5.75 Å². The smallest absolute Gasteiger partial charge is 0.337 e. The number of hydrogen-bond acceptors (Lipinski definition) is 4. The molecule has 6 nitrogen and oxygen atoms in total. The van der Waals surface area contributed by atoms with Crippen molar-refractivity contribution in [2.75, 3.05) is 13.2 Å². The van der Waals surface area contributed by atoms with Gasteiger partial charge in [0.15, 0.2) is 5.60 Å². The quantitative estimate of drug-likeness (QED) is 0.679. The zero-order valence-electron chi connectivity index (χ0n) is 13.1. The third kappa shape index (κ3) is 5.73. The van der Waals surface area contributed by atoms with E-state index in [2.05, 4.69) is 19.2 Å². The van der Waals surface area contributed by atoms with Crippen LogP contribution in [0.3, 0.4) is 0 Å². The summed E-state index contributed by atoms with van der Waals surface area (Å²) in [6.45, 7) is 5.60. The minimum Gasteiger partial charge on any atom is -0.494 e. The van der Waals surface area contributed by atoms with E-state index < -0.39 is 17.5 Å². The van der Waals surface area contributed by atoms with E-state index in [1.807, 2.05) is 0 Å². The molecule has 1 atom stereocenters. The van der Waals surface area contributed by atoms with Gasteiger partial charge >= 0.3 is 5.97 Å². The van der Waals surface area contributed by atoms with Gasteiger partial charge in [0.2, 0.25) is 0 Å². The van der Waals surface area contributed by atoms with E-state index in [1.165, 1.54) is 0 Å². The highest BCUT2D eigenvalue weighted by molar-refractivity contribution is 5.94. The summed E-state index contributed by atoms with van der Waals surface area (Å²) in [6, 6.07) is 6.56. The van der Waals surface area contributed by atoms with Crippen LogP contribution >= 0.6 is 0 Å². The second kappa shape index (κ2) is 7.79. The van der Waals surface area contributed by atoms with Crippen LogP contribution in [0.4, 0.5) is 0 Å². The first-order valence-electron chi connectivity index (χ1n) is 7.19. The number of amides is 1. The van der Waals surface area contributed by atoms with E-state index >= 15 is 0 Å². The van der Waals surface area contributed by atoms with Gasteiger partial charge in [-0.05, 0) is 43.5 Å². The third-order valence-corrected chi connectivity index (χ3v) is 3.13. The van der Waals surface area contributed by atoms with E-state index in [0.29, 0.717) is 23.8 Å². The van der Waals surface area contributed by atoms with Crippen LogP contribution in [0.1, 0.15) is 37.6 Å². The van der Waals surface area contributed by atoms with Gasteiger partial charge in [0.25, 0.3) is 5.91 Å². The molecule has 1 amide bonds. The van der Waals surface area contributed by atoms with Gasteiger partial charge in [-0.15, -0.1) is 0 Å². The van der Waals surface area contributed by atoms with Crippen LogP contribution in [0.25, 0.3) is 0 Å². The van der Waals surface area contributed by atoms with Crippen LogP contribution in [0.5, 0.6) is 5.75 Å². The maximum atomic E-state index is 11.9. The summed E-state index contributed by atoms with van der Waals surface area (Å²) in [5.41, 5.74) is -1.62. The van der Waals surface area contributed by atoms with E-state index in [0.717, 1.165) is 13.3 Å². The van der Waals surface area contributed by atoms with Crippen LogP contribution in [0, 0.1) is 5.92 Å². The van der Waals surface area contributed by atoms with Gasteiger partial charge in [0, 0.05) is 5.56 Å². The van der Waals surface area contributed by atoms with Gasteiger partial charge < -0.3 is 20.3 Å². The summed E-state index contributed by atoms with van der Waals surface area (Å²) in [6.07, 6.45) is 0.951. The Morgan fingerprint density at radius 1 is 1.27 bits per heavy atom. The maximum Gasteiger partial charge on any atom is 0.337 e. The Hall–Kier alpha value is -2.08. The number of ether oxygens (including phenoxy) is 1. The molecular weight excluding hydrogens is 286 g/mol. The molecule has 0 aliphatic rings. The van der Waals surface area contributed by atoms with Crippen molar-refractivity contribution in [1.82, 2.24) is 5.32 Å². The lowest BCUT2D eigenvalue weighted by molar-refractivity contribution is -0.155. The normalized spacial score (nSPS) is 13.5. The predicted octanol–water partition coefficient (Wildman–Crippen LogP) is 1.68. The molecule has 0 fully saturated rings. The number of carbonyl (C=O) groups excluding carboxylic acids is 1. The summed E-state index contributed by atoms with van der Waals surface area (Å²) < 4.78 is 5.55. The minimum atomic E-state index is -1.99. The number of carbonyl (C=O) groups is 2. The largest absolute Gasteiger partial charge is 0.494 e.